The molecule has 1 heterocycles. The Morgan fingerprint density at radius 3 is 2.56 bits per heavy atom. The third-order valence-electron chi connectivity index (χ3n) is 1.75. The van der Waals surface area contributed by atoms with Crippen LogP contribution >= 0.6 is 11.6 Å². The molecule has 0 aliphatic rings. The maximum Gasteiger partial charge on any atom is 0.271 e. The highest BCUT2D eigenvalue weighted by molar-refractivity contribution is 6.29. The SMILES string of the molecule is CN(C)C(=O)CNC(=O)c1cnc(Cl)cn1. The summed E-state index contributed by atoms with van der Waals surface area (Å²) in [6.07, 6.45) is 2.52. The zero-order valence-electron chi connectivity index (χ0n) is 8.90. The van der Waals surface area contributed by atoms with Crippen LogP contribution in [-0.4, -0.2) is 47.3 Å². The molecule has 0 aliphatic carbocycles. The van der Waals surface area contributed by atoms with E-state index in [2.05, 4.69) is 15.3 Å². The minimum atomic E-state index is -0.459. The van der Waals surface area contributed by atoms with Crippen LogP contribution in [0, 0.1) is 0 Å². The summed E-state index contributed by atoms with van der Waals surface area (Å²) in [4.78, 5) is 31.5. The van der Waals surface area contributed by atoms with Gasteiger partial charge in [-0.2, -0.15) is 0 Å². The lowest BCUT2D eigenvalue weighted by Gasteiger charge is -2.10. The number of carbonyl (C=O) groups excluding carboxylic acids is 2. The molecule has 0 spiro atoms. The second-order valence-electron chi connectivity index (χ2n) is 3.20. The quantitative estimate of drug-likeness (QED) is 0.806. The van der Waals surface area contributed by atoms with Gasteiger partial charge in [-0.25, -0.2) is 9.97 Å². The summed E-state index contributed by atoms with van der Waals surface area (Å²) in [6.45, 7) is -0.0733. The van der Waals surface area contributed by atoms with Crippen molar-refractivity contribution in [3.63, 3.8) is 0 Å². The van der Waals surface area contributed by atoms with Crippen molar-refractivity contribution in [1.29, 1.82) is 0 Å². The van der Waals surface area contributed by atoms with Crippen molar-refractivity contribution < 1.29 is 9.59 Å². The van der Waals surface area contributed by atoms with E-state index in [0.717, 1.165) is 0 Å². The Kier molecular flexibility index (Phi) is 4.19. The zero-order valence-corrected chi connectivity index (χ0v) is 9.65. The first-order valence-electron chi connectivity index (χ1n) is 4.46. The van der Waals surface area contributed by atoms with Gasteiger partial charge in [0.1, 0.15) is 10.8 Å². The van der Waals surface area contributed by atoms with Gasteiger partial charge in [0.2, 0.25) is 5.91 Å². The van der Waals surface area contributed by atoms with Crippen molar-refractivity contribution in [1.82, 2.24) is 20.2 Å². The van der Waals surface area contributed by atoms with Gasteiger partial charge >= 0.3 is 0 Å². The minimum absolute atomic E-state index is 0.0733. The summed E-state index contributed by atoms with van der Waals surface area (Å²) in [5, 5.41) is 2.63. The number of nitrogens with zero attached hydrogens (tertiary/aromatic N) is 3. The lowest BCUT2D eigenvalue weighted by Crippen LogP contribution is -2.36. The number of amides is 2. The summed E-state index contributed by atoms with van der Waals surface area (Å²) in [5.41, 5.74) is 0.121. The highest BCUT2D eigenvalue weighted by Gasteiger charge is 2.10. The topological polar surface area (TPSA) is 75.2 Å². The van der Waals surface area contributed by atoms with Gasteiger partial charge in [-0.3, -0.25) is 9.59 Å². The first-order chi connectivity index (χ1) is 7.50. The molecule has 2 amide bonds. The second kappa shape index (κ2) is 5.41. The van der Waals surface area contributed by atoms with E-state index in [1.165, 1.54) is 17.3 Å². The number of nitrogens with one attached hydrogen (secondary N) is 1. The van der Waals surface area contributed by atoms with E-state index in [0.29, 0.717) is 0 Å². The monoisotopic (exact) mass is 242 g/mol. The zero-order chi connectivity index (χ0) is 12.1. The smallest absolute Gasteiger partial charge is 0.271 e. The maximum absolute atomic E-state index is 11.5. The molecule has 1 aromatic rings. The van der Waals surface area contributed by atoms with Crippen LogP contribution in [0.15, 0.2) is 12.4 Å². The fourth-order valence-electron chi connectivity index (χ4n) is 0.834. The van der Waals surface area contributed by atoms with Crippen LogP contribution in [0.2, 0.25) is 5.15 Å². The molecule has 1 aromatic heterocycles. The molecule has 6 nitrogen and oxygen atoms in total. The number of halogens is 1. The molecule has 0 saturated carbocycles. The van der Waals surface area contributed by atoms with E-state index < -0.39 is 5.91 Å². The normalized spacial score (nSPS) is 9.69. The molecule has 1 rings (SSSR count). The number of aromatic nitrogens is 2. The van der Waals surface area contributed by atoms with Crippen molar-refractivity contribution in [2.45, 2.75) is 0 Å². The lowest BCUT2D eigenvalue weighted by molar-refractivity contribution is -0.127. The molecule has 7 heteroatoms. The second-order valence-corrected chi connectivity index (χ2v) is 3.58. The van der Waals surface area contributed by atoms with E-state index in [1.807, 2.05) is 0 Å². The summed E-state index contributed by atoms with van der Waals surface area (Å²) in [5.74, 6) is -0.658. The predicted molar refractivity (Wildman–Crippen MR) is 58.1 cm³/mol. The Bertz CT molecular complexity index is 391. The molecular formula is C9H11ClN4O2. The Balaban J connectivity index is 2.53. The molecule has 0 aromatic carbocycles. The molecule has 0 bridgehead atoms. The Morgan fingerprint density at radius 1 is 1.38 bits per heavy atom. The van der Waals surface area contributed by atoms with E-state index in [9.17, 15) is 9.59 Å². The molecule has 0 fully saturated rings. The molecule has 1 N–H and O–H groups in total. The van der Waals surface area contributed by atoms with Crippen molar-refractivity contribution in [3.05, 3.63) is 23.2 Å². The van der Waals surface area contributed by atoms with Gasteiger partial charge in [-0.15, -0.1) is 0 Å². The number of hydrogen-bond donors (Lipinski definition) is 1. The average molecular weight is 243 g/mol. The van der Waals surface area contributed by atoms with Crippen molar-refractivity contribution in [2.75, 3.05) is 20.6 Å². The van der Waals surface area contributed by atoms with Gasteiger partial charge in [0, 0.05) is 14.1 Å². The van der Waals surface area contributed by atoms with Gasteiger partial charge < -0.3 is 10.2 Å². The average Bonchev–Trinajstić information content (AvgIpc) is 2.26. The third kappa shape index (κ3) is 3.47. The first kappa shape index (κ1) is 12.4. The van der Waals surface area contributed by atoms with Crippen LogP contribution in [-0.2, 0) is 4.79 Å². The molecule has 16 heavy (non-hydrogen) atoms. The van der Waals surface area contributed by atoms with Crippen molar-refractivity contribution in [3.8, 4) is 0 Å². The summed E-state index contributed by atoms with van der Waals surface area (Å²) >= 11 is 5.52. The highest BCUT2D eigenvalue weighted by Crippen LogP contribution is 2.00. The third-order valence-corrected chi connectivity index (χ3v) is 1.95. The standard InChI is InChI=1S/C9H11ClN4O2/c1-14(2)8(15)5-13-9(16)6-3-12-7(10)4-11-6/h3-4H,5H2,1-2H3,(H,13,16). The lowest BCUT2D eigenvalue weighted by atomic mass is 10.4. The number of carbonyl (C=O) groups is 2. The van der Waals surface area contributed by atoms with Gasteiger partial charge in [-0.1, -0.05) is 11.6 Å². The maximum atomic E-state index is 11.5. The Morgan fingerprint density at radius 2 is 2.06 bits per heavy atom. The first-order valence-corrected chi connectivity index (χ1v) is 4.84. The Labute approximate surface area is 97.6 Å². The van der Waals surface area contributed by atoms with Crippen LogP contribution in [0.1, 0.15) is 10.5 Å². The van der Waals surface area contributed by atoms with E-state index in [1.54, 1.807) is 14.1 Å². The van der Waals surface area contributed by atoms with E-state index in [-0.39, 0.29) is 23.3 Å². The molecule has 0 saturated heterocycles. The molecule has 0 radical (unpaired) electrons. The predicted octanol–water partition coefficient (Wildman–Crippen LogP) is -0.0520. The van der Waals surface area contributed by atoms with E-state index >= 15 is 0 Å². The fraction of sp³-hybridized carbons (Fsp3) is 0.333. The van der Waals surface area contributed by atoms with Crippen LogP contribution < -0.4 is 5.32 Å². The molecule has 0 atom stereocenters. The molecule has 86 valence electrons. The fourth-order valence-corrected chi connectivity index (χ4v) is 0.932. The number of hydrogen-bond acceptors (Lipinski definition) is 4. The van der Waals surface area contributed by atoms with Crippen LogP contribution in [0.25, 0.3) is 0 Å². The molecule has 0 aliphatic heterocycles. The van der Waals surface area contributed by atoms with Crippen molar-refractivity contribution >= 4 is 23.4 Å². The van der Waals surface area contributed by atoms with Gasteiger partial charge in [0.05, 0.1) is 18.9 Å². The van der Waals surface area contributed by atoms with E-state index in [4.69, 9.17) is 11.6 Å². The van der Waals surface area contributed by atoms with Crippen LogP contribution in [0.4, 0.5) is 0 Å². The van der Waals surface area contributed by atoms with Gasteiger partial charge in [0.15, 0.2) is 0 Å². The van der Waals surface area contributed by atoms with Crippen LogP contribution in [0.3, 0.4) is 0 Å². The van der Waals surface area contributed by atoms with Gasteiger partial charge in [-0.05, 0) is 0 Å². The largest absolute Gasteiger partial charge is 0.347 e. The highest BCUT2D eigenvalue weighted by atomic mass is 35.5. The molecular weight excluding hydrogens is 232 g/mol. The molecule has 0 unspecified atom stereocenters. The minimum Gasteiger partial charge on any atom is -0.347 e. The number of rotatable bonds is 3. The summed E-state index contributed by atoms with van der Waals surface area (Å²) in [7, 11) is 3.22. The van der Waals surface area contributed by atoms with Crippen molar-refractivity contribution in [2.24, 2.45) is 0 Å². The Hall–Kier alpha value is -1.69. The van der Waals surface area contributed by atoms with Crippen LogP contribution in [0.5, 0.6) is 0 Å². The number of likely N-dealkylation sites (N-methyl/N-ethyl adjacent to an activating group) is 1. The van der Waals surface area contributed by atoms with Gasteiger partial charge in [0.25, 0.3) is 5.91 Å². The summed E-state index contributed by atoms with van der Waals surface area (Å²) < 4.78 is 0. The summed E-state index contributed by atoms with van der Waals surface area (Å²) in [6, 6.07) is 0.